The van der Waals surface area contributed by atoms with Crippen LogP contribution in [0.1, 0.15) is 30.5 Å². The molecule has 3 rings (SSSR count). The Bertz CT molecular complexity index is 1130. The lowest BCUT2D eigenvalue weighted by atomic mass is 10.1. The molecule has 0 spiro atoms. The van der Waals surface area contributed by atoms with E-state index < -0.39 is 11.7 Å². The Morgan fingerprint density at radius 1 is 1.03 bits per heavy atom. The van der Waals surface area contributed by atoms with Crippen molar-refractivity contribution in [2.24, 2.45) is 5.10 Å². The first-order chi connectivity index (χ1) is 15.7. The van der Waals surface area contributed by atoms with E-state index in [9.17, 15) is 13.2 Å². The molecule has 2 aromatic carbocycles. The van der Waals surface area contributed by atoms with Crippen molar-refractivity contribution in [3.8, 4) is 0 Å². The molecule has 0 saturated heterocycles. The van der Waals surface area contributed by atoms with Crippen molar-refractivity contribution in [1.29, 1.82) is 0 Å². The van der Waals surface area contributed by atoms with Crippen LogP contribution in [0.15, 0.2) is 47.6 Å². The van der Waals surface area contributed by atoms with Crippen LogP contribution in [-0.2, 0) is 6.18 Å². The SMILES string of the molecule is CCN(CC)c1nc(N/N=C\c2ccccc2C(F)(F)F)nc(Nc2ccc(C)c(Cl)c2)n1. The Morgan fingerprint density at radius 3 is 2.39 bits per heavy atom. The number of alkyl halides is 3. The summed E-state index contributed by atoms with van der Waals surface area (Å²) < 4.78 is 39.6. The van der Waals surface area contributed by atoms with Crippen molar-refractivity contribution in [2.45, 2.75) is 26.9 Å². The maximum Gasteiger partial charge on any atom is 0.417 e. The van der Waals surface area contributed by atoms with Gasteiger partial charge in [-0.3, -0.25) is 0 Å². The van der Waals surface area contributed by atoms with Crippen LogP contribution in [0.5, 0.6) is 0 Å². The van der Waals surface area contributed by atoms with Gasteiger partial charge in [0.2, 0.25) is 17.8 Å². The van der Waals surface area contributed by atoms with Crippen molar-refractivity contribution in [1.82, 2.24) is 15.0 Å². The number of nitrogens with zero attached hydrogens (tertiary/aromatic N) is 5. The molecule has 2 N–H and O–H groups in total. The molecule has 0 amide bonds. The molecule has 0 fully saturated rings. The smallest absolute Gasteiger partial charge is 0.341 e. The summed E-state index contributed by atoms with van der Waals surface area (Å²) in [4.78, 5) is 15.0. The number of nitrogens with one attached hydrogen (secondary N) is 2. The third-order valence-electron chi connectivity index (χ3n) is 4.73. The highest BCUT2D eigenvalue weighted by Crippen LogP contribution is 2.31. The Hall–Kier alpha value is -3.40. The van der Waals surface area contributed by atoms with Crippen LogP contribution in [0.3, 0.4) is 0 Å². The number of aryl methyl sites for hydroxylation is 1. The summed E-state index contributed by atoms with van der Waals surface area (Å²) in [6.07, 6.45) is -3.41. The van der Waals surface area contributed by atoms with E-state index in [0.717, 1.165) is 17.8 Å². The number of hydrogen-bond donors (Lipinski definition) is 2. The third-order valence-corrected chi connectivity index (χ3v) is 5.14. The second kappa shape index (κ2) is 10.5. The monoisotopic (exact) mass is 477 g/mol. The summed E-state index contributed by atoms with van der Waals surface area (Å²) >= 11 is 6.20. The molecule has 7 nitrogen and oxygen atoms in total. The second-order valence-electron chi connectivity index (χ2n) is 7.00. The first-order valence-electron chi connectivity index (χ1n) is 10.2. The van der Waals surface area contributed by atoms with E-state index in [4.69, 9.17) is 11.6 Å². The molecule has 1 heterocycles. The molecule has 0 radical (unpaired) electrons. The second-order valence-corrected chi connectivity index (χ2v) is 7.41. The summed E-state index contributed by atoms with van der Waals surface area (Å²) in [6, 6.07) is 10.6. The summed E-state index contributed by atoms with van der Waals surface area (Å²) in [6.45, 7) is 7.11. The van der Waals surface area contributed by atoms with Gasteiger partial charge in [-0.2, -0.15) is 33.2 Å². The van der Waals surface area contributed by atoms with E-state index in [-0.39, 0.29) is 17.5 Å². The molecule has 0 atom stereocenters. The van der Waals surface area contributed by atoms with Crippen LogP contribution in [0, 0.1) is 6.92 Å². The molecule has 0 aliphatic heterocycles. The van der Waals surface area contributed by atoms with Gasteiger partial charge >= 0.3 is 6.18 Å². The highest BCUT2D eigenvalue weighted by Gasteiger charge is 2.32. The molecule has 0 aliphatic carbocycles. The van der Waals surface area contributed by atoms with Crippen molar-refractivity contribution in [3.05, 3.63) is 64.2 Å². The zero-order valence-electron chi connectivity index (χ0n) is 18.3. The average molecular weight is 478 g/mol. The molecule has 3 aromatic rings. The highest BCUT2D eigenvalue weighted by atomic mass is 35.5. The van der Waals surface area contributed by atoms with E-state index in [1.54, 1.807) is 6.07 Å². The molecule has 1 aromatic heterocycles. The van der Waals surface area contributed by atoms with Gasteiger partial charge in [-0.15, -0.1) is 0 Å². The Balaban J connectivity index is 1.89. The van der Waals surface area contributed by atoms with Gasteiger partial charge in [-0.05, 0) is 44.5 Å². The predicted octanol–water partition coefficient (Wildman–Crippen LogP) is 5.89. The first kappa shape index (κ1) is 24.2. The molecular weight excluding hydrogens is 455 g/mol. The summed E-state index contributed by atoms with van der Waals surface area (Å²) in [5.41, 5.74) is 3.35. The maximum absolute atomic E-state index is 13.2. The molecule has 33 heavy (non-hydrogen) atoms. The number of hydrazone groups is 1. The largest absolute Gasteiger partial charge is 0.417 e. The van der Waals surface area contributed by atoms with Crippen LogP contribution in [-0.4, -0.2) is 34.3 Å². The maximum atomic E-state index is 13.2. The molecule has 0 aliphatic rings. The Kier molecular flexibility index (Phi) is 7.70. The topological polar surface area (TPSA) is 78.3 Å². The quantitative estimate of drug-likeness (QED) is 0.311. The van der Waals surface area contributed by atoms with Gasteiger partial charge in [-0.1, -0.05) is 35.9 Å². The van der Waals surface area contributed by atoms with Gasteiger partial charge in [-0.25, -0.2) is 5.43 Å². The first-order valence-corrected chi connectivity index (χ1v) is 10.6. The van der Waals surface area contributed by atoms with E-state index >= 15 is 0 Å². The molecule has 0 unspecified atom stereocenters. The standard InChI is InChI=1S/C22H23ClF3N7/c1-4-33(5-2)21-30-19(28-16-11-10-14(3)18(23)12-16)29-20(31-21)32-27-13-15-8-6-7-9-17(15)22(24,25)26/h6-13H,4-5H2,1-3H3,(H2,28,29,30,31,32)/b27-13-. The van der Waals surface area contributed by atoms with Gasteiger partial charge in [0.25, 0.3) is 0 Å². The molecule has 174 valence electrons. The zero-order valence-corrected chi connectivity index (χ0v) is 19.0. The van der Waals surface area contributed by atoms with Gasteiger partial charge in [0, 0.05) is 29.4 Å². The van der Waals surface area contributed by atoms with Crippen LogP contribution >= 0.6 is 11.6 Å². The van der Waals surface area contributed by atoms with E-state index in [0.29, 0.717) is 29.7 Å². The van der Waals surface area contributed by atoms with Crippen molar-refractivity contribution in [2.75, 3.05) is 28.7 Å². The summed E-state index contributed by atoms with van der Waals surface area (Å²) in [5, 5.41) is 7.58. The number of aromatic nitrogens is 3. The number of benzene rings is 2. The zero-order chi connectivity index (χ0) is 24.0. The van der Waals surface area contributed by atoms with Crippen LogP contribution in [0.25, 0.3) is 0 Å². The normalized spacial score (nSPS) is 11.6. The molecule has 0 saturated carbocycles. The van der Waals surface area contributed by atoms with Crippen LogP contribution in [0.4, 0.5) is 36.7 Å². The third kappa shape index (κ3) is 6.32. The number of anilines is 4. The van der Waals surface area contributed by atoms with Crippen molar-refractivity contribution >= 4 is 41.3 Å². The van der Waals surface area contributed by atoms with Crippen LogP contribution < -0.4 is 15.6 Å². The van der Waals surface area contributed by atoms with Crippen molar-refractivity contribution in [3.63, 3.8) is 0 Å². The lowest BCUT2D eigenvalue weighted by Crippen LogP contribution is -2.25. The molecule has 0 bridgehead atoms. The lowest BCUT2D eigenvalue weighted by Gasteiger charge is -2.19. The minimum absolute atomic E-state index is 0.0772. The van der Waals surface area contributed by atoms with Gasteiger partial charge < -0.3 is 10.2 Å². The Labute approximate surface area is 194 Å². The van der Waals surface area contributed by atoms with Crippen LogP contribution in [0.2, 0.25) is 5.02 Å². The van der Waals surface area contributed by atoms with Gasteiger partial charge in [0.15, 0.2) is 0 Å². The number of hydrogen-bond acceptors (Lipinski definition) is 7. The van der Waals surface area contributed by atoms with E-state index in [1.807, 2.05) is 37.8 Å². The predicted molar refractivity (Wildman–Crippen MR) is 126 cm³/mol. The highest BCUT2D eigenvalue weighted by molar-refractivity contribution is 6.31. The fourth-order valence-corrected chi connectivity index (χ4v) is 3.13. The minimum atomic E-state index is -4.49. The fourth-order valence-electron chi connectivity index (χ4n) is 2.95. The number of halogens is 4. The van der Waals surface area contributed by atoms with Crippen molar-refractivity contribution < 1.29 is 13.2 Å². The van der Waals surface area contributed by atoms with E-state index in [2.05, 4.69) is 30.8 Å². The summed E-state index contributed by atoms with van der Waals surface area (Å²) in [7, 11) is 0. The average Bonchev–Trinajstić information content (AvgIpc) is 2.77. The van der Waals surface area contributed by atoms with Gasteiger partial charge in [0.05, 0.1) is 11.8 Å². The lowest BCUT2D eigenvalue weighted by molar-refractivity contribution is -0.137. The molecule has 11 heteroatoms. The van der Waals surface area contributed by atoms with E-state index in [1.165, 1.54) is 18.2 Å². The minimum Gasteiger partial charge on any atom is -0.341 e. The number of rotatable bonds is 8. The van der Waals surface area contributed by atoms with Gasteiger partial charge in [0.1, 0.15) is 0 Å². The summed E-state index contributed by atoms with van der Waals surface area (Å²) in [5.74, 6) is 0.706. The molecular formula is C22H23ClF3N7. The fraction of sp³-hybridized carbons (Fsp3) is 0.273. The Morgan fingerprint density at radius 2 is 1.73 bits per heavy atom.